The number of pyridine rings is 1. The summed E-state index contributed by atoms with van der Waals surface area (Å²) >= 11 is 6.63. The van der Waals surface area contributed by atoms with Crippen LogP contribution in [0.2, 0.25) is 0 Å². The normalized spacial score (nSPS) is 24.5. The Hall–Kier alpha value is -4.18. The fourth-order valence-corrected chi connectivity index (χ4v) is 6.78. The predicted molar refractivity (Wildman–Crippen MR) is 146 cm³/mol. The van der Waals surface area contributed by atoms with E-state index in [4.69, 9.17) is 11.6 Å². The quantitative estimate of drug-likeness (QED) is 0.552. The SMILES string of the molecule is CC(=O)Nc1ccc(-c2cnc(C3CN4C(=O)CC5(CC5)C4C4=C3C3=CC(=O)C=CC3=C(Cl)C=NC4)[nH]2)c(F)n1. The lowest BCUT2D eigenvalue weighted by Crippen LogP contribution is -2.46. The van der Waals surface area contributed by atoms with Crippen LogP contribution in [0.5, 0.6) is 0 Å². The highest BCUT2D eigenvalue weighted by Gasteiger charge is 2.62. The molecule has 9 nitrogen and oxygen atoms in total. The predicted octanol–water partition coefficient (Wildman–Crippen LogP) is 3.99. The number of hydrogen-bond donors (Lipinski definition) is 2. The Labute approximate surface area is 233 Å². The molecule has 1 saturated carbocycles. The minimum Gasteiger partial charge on any atom is -0.341 e. The van der Waals surface area contributed by atoms with Gasteiger partial charge >= 0.3 is 0 Å². The van der Waals surface area contributed by atoms with E-state index in [9.17, 15) is 18.8 Å². The van der Waals surface area contributed by atoms with Crippen LogP contribution in [0.1, 0.15) is 37.9 Å². The molecule has 0 radical (unpaired) electrons. The van der Waals surface area contributed by atoms with Crippen LogP contribution in [0, 0.1) is 11.4 Å². The molecule has 3 aliphatic heterocycles. The van der Waals surface area contributed by atoms with Crippen LogP contribution in [0.4, 0.5) is 10.2 Å². The molecule has 2 N–H and O–H groups in total. The molecule has 2 fully saturated rings. The minimum atomic E-state index is -0.765. The van der Waals surface area contributed by atoms with Gasteiger partial charge in [0, 0.05) is 37.1 Å². The molecule has 0 aromatic carbocycles. The maximum atomic E-state index is 15.0. The van der Waals surface area contributed by atoms with Crippen LogP contribution in [0.3, 0.4) is 0 Å². The van der Waals surface area contributed by atoms with E-state index >= 15 is 0 Å². The van der Waals surface area contributed by atoms with Crippen molar-refractivity contribution in [3.8, 4) is 11.3 Å². The molecule has 11 heteroatoms. The van der Waals surface area contributed by atoms with E-state index in [1.54, 1.807) is 18.4 Å². The molecule has 2 aromatic rings. The molecule has 202 valence electrons. The molecule has 7 rings (SSSR count). The van der Waals surface area contributed by atoms with Gasteiger partial charge in [-0.3, -0.25) is 19.4 Å². The van der Waals surface area contributed by atoms with Crippen molar-refractivity contribution in [2.75, 3.05) is 18.4 Å². The van der Waals surface area contributed by atoms with E-state index in [2.05, 4.69) is 25.3 Å². The summed E-state index contributed by atoms with van der Waals surface area (Å²) < 4.78 is 15.0. The van der Waals surface area contributed by atoms with Crippen molar-refractivity contribution in [2.24, 2.45) is 10.4 Å². The van der Waals surface area contributed by atoms with Gasteiger partial charge < -0.3 is 15.2 Å². The minimum absolute atomic E-state index is 0.0965. The van der Waals surface area contributed by atoms with Crippen LogP contribution >= 0.6 is 11.6 Å². The average Bonchev–Trinajstić information content (AvgIpc) is 3.39. The number of amides is 2. The number of ketones is 1. The Kier molecular flexibility index (Phi) is 5.54. The van der Waals surface area contributed by atoms with Crippen molar-refractivity contribution in [2.45, 2.75) is 38.1 Å². The van der Waals surface area contributed by atoms with E-state index in [0.29, 0.717) is 47.2 Å². The summed E-state index contributed by atoms with van der Waals surface area (Å²) in [6.45, 7) is 2.03. The zero-order valence-electron chi connectivity index (χ0n) is 21.5. The molecule has 2 aliphatic carbocycles. The number of aliphatic imine (C=N–C) groups is 1. The summed E-state index contributed by atoms with van der Waals surface area (Å²) in [5, 5.41) is 2.90. The fourth-order valence-electron chi connectivity index (χ4n) is 6.55. The molecule has 1 saturated heterocycles. The molecule has 1 spiro atoms. The molecule has 5 aliphatic rings. The monoisotopic (exact) mass is 558 g/mol. The Balaban J connectivity index is 1.36. The molecule has 2 aromatic heterocycles. The number of rotatable bonds is 3. The standard InChI is InChI=1S/C29H24ClFN6O3/c1-14(38)34-23-5-4-17(27(31)36-23)22-12-33-28(35-22)20-13-37-24(40)9-29(6-7-29)26(37)19-10-32-11-21(30)16-3-2-15(39)8-18(16)25(19)20/h2-5,8,11-12,20,26H,6-7,9-10,13H2,1H3,(H,33,35)(H,34,36,38). The van der Waals surface area contributed by atoms with Gasteiger partial charge in [0.05, 0.1) is 41.0 Å². The first-order chi connectivity index (χ1) is 19.2. The van der Waals surface area contributed by atoms with Crippen molar-refractivity contribution < 1.29 is 18.8 Å². The van der Waals surface area contributed by atoms with Crippen molar-refractivity contribution in [3.05, 3.63) is 75.7 Å². The fraction of sp³-hybridized carbons (Fsp3) is 0.310. The summed E-state index contributed by atoms with van der Waals surface area (Å²) in [6, 6.07) is 2.94. The van der Waals surface area contributed by atoms with Gasteiger partial charge in [0.15, 0.2) is 5.78 Å². The van der Waals surface area contributed by atoms with Crippen LogP contribution in [0.25, 0.3) is 11.3 Å². The lowest BCUT2D eigenvalue weighted by atomic mass is 9.74. The number of hydrogen-bond acceptors (Lipinski definition) is 6. The number of carbonyl (C=O) groups is 3. The summed E-state index contributed by atoms with van der Waals surface area (Å²) in [5.41, 5.74) is 3.79. The van der Waals surface area contributed by atoms with Gasteiger partial charge in [0.1, 0.15) is 11.6 Å². The van der Waals surface area contributed by atoms with Crippen LogP contribution in [0.15, 0.2) is 68.9 Å². The largest absolute Gasteiger partial charge is 0.341 e. The van der Waals surface area contributed by atoms with Gasteiger partial charge in [-0.15, -0.1) is 0 Å². The number of aromatic amines is 1. The maximum Gasteiger partial charge on any atom is 0.224 e. The van der Waals surface area contributed by atoms with Gasteiger partial charge in [-0.2, -0.15) is 4.39 Å². The Morgan fingerprint density at radius 3 is 2.83 bits per heavy atom. The number of carbonyl (C=O) groups excluding carboxylic acids is 3. The third-order valence-electron chi connectivity index (χ3n) is 8.38. The average molecular weight is 559 g/mol. The van der Waals surface area contributed by atoms with E-state index in [0.717, 1.165) is 24.0 Å². The second kappa shape index (κ2) is 8.92. The van der Waals surface area contributed by atoms with E-state index in [1.165, 1.54) is 31.3 Å². The third kappa shape index (κ3) is 3.89. The van der Waals surface area contributed by atoms with Crippen molar-refractivity contribution in [1.29, 1.82) is 0 Å². The lowest BCUT2D eigenvalue weighted by Gasteiger charge is -2.42. The van der Waals surface area contributed by atoms with E-state index in [1.807, 2.05) is 4.90 Å². The number of imidazole rings is 1. The molecule has 5 heterocycles. The maximum absolute atomic E-state index is 15.0. The first-order valence-corrected chi connectivity index (χ1v) is 13.5. The van der Waals surface area contributed by atoms with Crippen LogP contribution in [-0.4, -0.2) is 62.8 Å². The molecule has 0 bridgehead atoms. The number of aromatic nitrogens is 3. The molecular weight excluding hydrogens is 535 g/mol. The highest BCUT2D eigenvalue weighted by Crippen LogP contribution is 2.62. The number of nitrogens with zero attached hydrogens (tertiary/aromatic N) is 4. The van der Waals surface area contributed by atoms with E-state index < -0.39 is 11.9 Å². The van der Waals surface area contributed by atoms with Gasteiger partial charge in [0.25, 0.3) is 0 Å². The van der Waals surface area contributed by atoms with Crippen LogP contribution < -0.4 is 5.32 Å². The van der Waals surface area contributed by atoms with Gasteiger partial charge in [-0.05, 0) is 59.9 Å². The second-order valence-electron chi connectivity index (χ2n) is 10.9. The molecule has 40 heavy (non-hydrogen) atoms. The number of nitrogens with one attached hydrogen (secondary N) is 2. The summed E-state index contributed by atoms with van der Waals surface area (Å²) in [7, 11) is 0. The first-order valence-electron chi connectivity index (χ1n) is 13.1. The topological polar surface area (TPSA) is 120 Å². The summed E-state index contributed by atoms with van der Waals surface area (Å²) in [6.07, 6.45) is 10.4. The third-order valence-corrected chi connectivity index (χ3v) is 8.69. The zero-order valence-corrected chi connectivity index (χ0v) is 22.3. The highest BCUT2D eigenvalue weighted by molar-refractivity contribution is 6.40. The molecule has 2 atom stereocenters. The Morgan fingerprint density at radius 2 is 2.08 bits per heavy atom. The van der Waals surface area contributed by atoms with Crippen molar-refractivity contribution in [1.82, 2.24) is 19.9 Å². The van der Waals surface area contributed by atoms with Crippen molar-refractivity contribution in [3.63, 3.8) is 0 Å². The van der Waals surface area contributed by atoms with Gasteiger partial charge in [0.2, 0.25) is 17.8 Å². The summed E-state index contributed by atoms with van der Waals surface area (Å²) in [4.78, 5) is 55.5. The Bertz CT molecular complexity index is 1680. The van der Waals surface area contributed by atoms with Crippen molar-refractivity contribution >= 4 is 41.2 Å². The lowest BCUT2D eigenvalue weighted by molar-refractivity contribution is -0.129. The second-order valence-corrected chi connectivity index (χ2v) is 11.3. The highest BCUT2D eigenvalue weighted by atomic mass is 35.5. The number of allylic oxidation sites excluding steroid dienone is 6. The number of fused-ring (bicyclic) bond motifs is 5. The summed E-state index contributed by atoms with van der Waals surface area (Å²) in [5.74, 6) is -0.956. The van der Waals surface area contributed by atoms with Crippen LogP contribution in [-0.2, 0) is 14.4 Å². The molecular formula is C29H24ClFN6O3. The smallest absolute Gasteiger partial charge is 0.224 e. The van der Waals surface area contributed by atoms with E-state index in [-0.39, 0.29) is 40.4 Å². The molecule has 2 amide bonds. The first kappa shape index (κ1) is 24.8. The number of anilines is 1. The van der Waals surface area contributed by atoms with Gasteiger partial charge in [-0.1, -0.05) is 11.6 Å². The Morgan fingerprint density at radius 1 is 1.25 bits per heavy atom. The zero-order chi connectivity index (χ0) is 27.8. The molecule has 2 unspecified atom stereocenters. The number of halogens is 2. The van der Waals surface area contributed by atoms with Gasteiger partial charge in [-0.25, -0.2) is 9.97 Å². The number of H-pyrrole nitrogens is 1.